The molecule has 0 bridgehead atoms. The van der Waals surface area contributed by atoms with Crippen LogP contribution in [0.5, 0.6) is 0 Å². The van der Waals surface area contributed by atoms with Crippen LogP contribution in [0.3, 0.4) is 0 Å². The number of rotatable bonds is 2. The molecule has 0 radical (unpaired) electrons. The maximum absolute atomic E-state index is 13.3. The van der Waals surface area contributed by atoms with Crippen LogP contribution in [0.4, 0.5) is 27.6 Å². The smallest absolute Gasteiger partial charge is 0.359 e. The number of carbonyl (C=O) groups is 1. The maximum atomic E-state index is 13.3. The zero-order chi connectivity index (χ0) is 17.7. The van der Waals surface area contributed by atoms with Crippen molar-refractivity contribution in [3.63, 3.8) is 0 Å². The van der Waals surface area contributed by atoms with Gasteiger partial charge in [-0.2, -0.15) is 18.3 Å². The van der Waals surface area contributed by atoms with Gasteiger partial charge >= 0.3 is 6.18 Å². The van der Waals surface area contributed by atoms with Crippen LogP contribution in [0.2, 0.25) is 0 Å². The SMILES string of the molecule is CN1CC(=O)NN=C1c1ccc(N2CC(F)(F)C2)c(C(F)(F)F)c1. The molecule has 0 unspecified atom stereocenters. The molecular formula is C14H13F5N4O. The topological polar surface area (TPSA) is 47.9 Å². The zero-order valence-electron chi connectivity index (χ0n) is 12.5. The van der Waals surface area contributed by atoms with Gasteiger partial charge in [0.25, 0.3) is 11.8 Å². The molecule has 0 atom stereocenters. The van der Waals surface area contributed by atoms with E-state index in [1.165, 1.54) is 18.0 Å². The van der Waals surface area contributed by atoms with Crippen molar-refractivity contribution in [1.82, 2.24) is 10.3 Å². The summed E-state index contributed by atoms with van der Waals surface area (Å²) >= 11 is 0. The molecule has 2 aliphatic rings. The Hall–Kier alpha value is -2.39. The van der Waals surface area contributed by atoms with Crippen molar-refractivity contribution in [3.8, 4) is 0 Å². The lowest BCUT2D eigenvalue weighted by atomic mass is 10.0. The van der Waals surface area contributed by atoms with Crippen molar-refractivity contribution in [2.24, 2.45) is 5.10 Å². The van der Waals surface area contributed by atoms with E-state index in [1.807, 2.05) is 0 Å². The molecule has 0 spiro atoms. The monoisotopic (exact) mass is 348 g/mol. The molecule has 0 aromatic heterocycles. The highest BCUT2D eigenvalue weighted by atomic mass is 19.4. The minimum Gasteiger partial charge on any atom is -0.359 e. The summed E-state index contributed by atoms with van der Waals surface area (Å²) in [5.41, 5.74) is 1.04. The molecule has 0 aliphatic carbocycles. The molecule has 5 nitrogen and oxygen atoms in total. The van der Waals surface area contributed by atoms with Crippen LogP contribution in [0, 0.1) is 0 Å². The highest BCUT2D eigenvalue weighted by Gasteiger charge is 2.47. The van der Waals surface area contributed by atoms with Gasteiger partial charge in [0.1, 0.15) is 0 Å². The van der Waals surface area contributed by atoms with Gasteiger partial charge in [-0.25, -0.2) is 14.2 Å². The van der Waals surface area contributed by atoms with E-state index < -0.39 is 30.8 Å². The minimum atomic E-state index is -4.70. The molecule has 1 fully saturated rings. The highest BCUT2D eigenvalue weighted by Crippen LogP contribution is 2.41. The summed E-state index contributed by atoms with van der Waals surface area (Å²) in [6, 6.07) is 3.38. The van der Waals surface area contributed by atoms with E-state index in [-0.39, 0.29) is 29.5 Å². The number of hydrogen-bond donors (Lipinski definition) is 1. The molecule has 1 N–H and O–H groups in total. The average molecular weight is 348 g/mol. The first-order valence-corrected chi connectivity index (χ1v) is 6.99. The minimum absolute atomic E-state index is 0.0414. The Morgan fingerprint density at radius 1 is 1.25 bits per heavy atom. The first kappa shape index (κ1) is 16.5. The predicted molar refractivity (Wildman–Crippen MR) is 75.9 cm³/mol. The van der Waals surface area contributed by atoms with E-state index in [0.29, 0.717) is 0 Å². The van der Waals surface area contributed by atoms with Crippen molar-refractivity contribution in [3.05, 3.63) is 29.3 Å². The molecule has 1 amide bonds. The second-order valence-electron chi connectivity index (χ2n) is 5.77. The summed E-state index contributed by atoms with van der Waals surface area (Å²) in [5, 5.41) is 3.76. The highest BCUT2D eigenvalue weighted by molar-refractivity contribution is 6.03. The van der Waals surface area contributed by atoms with Gasteiger partial charge in [-0.15, -0.1) is 0 Å². The number of anilines is 1. The second kappa shape index (κ2) is 5.32. The molecule has 1 aromatic carbocycles. The molecular weight excluding hydrogens is 335 g/mol. The number of nitrogens with zero attached hydrogens (tertiary/aromatic N) is 3. The molecule has 3 rings (SSSR count). The van der Waals surface area contributed by atoms with Gasteiger partial charge in [-0.1, -0.05) is 0 Å². The van der Waals surface area contributed by atoms with Crippen LogP contribution >= 0.6 is 0 Å². The van der Waals surface area contributed by atoms with E-state index in [4.69, 9.17) is 0 Å². The molecule has 10 heteroatoms. The lowest BCUT2D eigenvalue weighted by Gasteiger charge is -2.41. The normalized spacial score (nSPS) is 20.4. The first-order chi connectivity index (χ1) is 11.1. The van der Waals surface area contributed by atoms with E-state index in [0.717, 1.165) is 17.0 Å². The van der Waals surface area contributed by atoms with Crippen LogP contribution in [-0.2, 0) is 11.0 Å². The quantitative estimate of drug-likeness (QED) is 0.831. The number of benzene rings is 1. The van der Waals surface area contributed by atoms with Crippen LogP contribution in [0.25, 0.3) is 0 Å². The van der Waals surface area contributed by atoms with E-state index in [1.54, 1.807) is 0 Å². The Morgan fingerprint density at radius 2 is 1.92 bits per heavy atom. The summed E-state index contributed by atoms with van der Waals surface area (Å²) in [4.78, 5) is 13.6. The third-order valence-corrected chi connectivity index (χ3v) is 3.77. The van der Waals surface area contributed by atoms with E-state index in [9.17, 15) is 26.7 Å². The molecule has 1 saturated heterocycles. The number of amides is 1. The van der Waals surface area contributed by atoms with Crippen LogP contribution < -0.4 is 10.3 Å². The fraction of sp³-hybridized carbons (Fsp3) is 0.429. The molecule has 2 aliphatic heterocycles. The summed E-state index contributed by atoms with van der Waals surface area (Å²) in [6.07, 6.45) is -4.70. The van der Waals surface area contributed by atoms with Crippen LogP contribution in [0.1, 0.15) is 11.1 Å². The third kappa shape index (κ3) is 3.00. The van der Waals surface area contributed by atoms with Gasteiger partial charge in [-0.05, 0) is 18.2 Å². The van der Waals surface area contributed by atoms with E-state index in [2.05, 4.69) is 10.5 Å². The Balaban J connectivity index is 1.98. The number of nitrogens with one attached hydrogen (secondary N) is 1. The molecule has 1 aromatic rings. The fourth-order valence-corrected chi connectivity index (χ4v) is 2.67. The maximum Gasteiger partial charge on any atom is 0.418 e. The van der Waals surface area contributed by atoms with Crippen molar-refractivity contribution in [2.75, 3.05) is 31.6 Å². The summed E-state index contributed by atoms with van der Waals surface area (Å²) in [5.74, 6) is -3.18. The lowest BCUT2D eigenvalue weighted by molar-refractivity contribution is -0.137. The van der Waals surface area contributed by atoms with Crippen LogP contribution in [0.15, 0.2) is 23.3 Å². The van der Waals surface area contributed by atoms with Crippen molar-refractivity contribution < 1.29 is 26.7 Å². The Morgan fingerprint density at radius 3 is 2.46 bits per heavy atom. The lowest BCUT2D eigenvalue weighted by Crippen LogP contribution is -2.56. The van der Waals surface area contributed by atoms with Gasteiger partial charge in [0.05, 0.1) is 25.2 Å². The van der Waals surface area contributed by atoms with Gasteiger partial charge in [0.2, 0.25) is 0 Å². The second-order valence-corrected chi connectivity index (χ2v) is 5.77. The largest absolute Gasteiger partial charge is 0.418 e. The number of hydrogen-bond acceptors (Lipinski definition) is 4. The average Bonchev–Trinajstić information content (AvgIpc) is 2.43. The summed E-state index contributed by atoms with van der Waals surface area (Å²) in [6.45, 7) is -1.53. The Bertz CT molecular complexity index is 708. The van der Waals surface area contributed by atoms with Gasteiger partial charge in [0.15, 0.2) is 5.84 Å². The number of halogens is 5. The molecule has 0 saturated carbocycles. The van der Waals surface area contributed by atoms with Crippen molar-refractivity contribution >= 4 is 17.4 Å². The third-order valence-electron chi connectivity index (χ3n) is 3.77. The fourth-order valence-electron chi connectivity index (χ4n) is 2.67. The van der Waals surface area contributed by atoms with Crippen molar-refractivity contribution in [1.29, 1.82) is 0 Å². The number of alkyl halides is 5. The Labute approximate surface area is 133 Å². The molecule has 2 heterocycles. The summed E-state index contributed by atoms with van der Waals surface area (Å²) < 4.78 is 65.9. The molecule has 130 valence electrons. The number of likely N-dealkylation sites (N-methyl/N-ethyl adjacent to an activating group) is 1. The standard InChI is InChI=1S/C14H13F5N4O/c1-22-5-11(24)20-21-12(22)8-2-3-10(9(4-8)14(17,18)19)23-6-13(15,16)7-23/h2-4H,5-7H2,1H3,(H,20,24). The van der Waals surface area contributed by atoms with Gasteiger partial charge in [0, 0.05) is 18.3 Å². The van der Waals surface area contributed by atoms with E-state index >= 15 is 0 Å². The Kier molecular flexibility index (Phi) is 3.65. The first-order valence-electron chi connectivity index (χ1n) is 6.99. The van der Waals surface area contributed by atoms with Crippen LogP contribution in [-0.4, -0.2) is 49.2 Å². The molecule has 24 heavy (non-hydrogen) atoms. The number of hydrazone groups is 1. The predicted octanol–water partition coefficient (Wildman–Crippen LogP) is 1.88. The van der Waals surface area contributed by atoms with Gasteiger partial charge in [-0.3, -0.25) is 4.79 Å². The van der Waals surface area contributed by atoms with Crippen molar-refractivity contribution in [2.45, 2.75) is 12.1 Å². The zero-order valence-corrected chi connectivity index (χ0v) is 12.5. The number of amidine groups is 1. The number of carbonyl (C=O) groups excluding carboxylic acids is 1. The van der Waals surface area contributed by atoms with Gasteiger partial charge < -0.3 is 9.80 Å². The summed E-state index contributed by atoms with van der Waals surface area (Å²) in [7, 11) is 1.52.